The summed E-state index contributed by atoms with van der Waals surface area (Å²) in [6.45, 7) is 10.8. The molecule has 0 aliphatic heterocycles. The topological polar surface area (TPSA) is 35.5 Å². The van der Waals surface area contributed by atoms with Crippen LogP contribution in [0.3, 0.4) is 0 Å². The van der Waals surface area contributed by atoms with Crippen LogP contribution in [0.15, 0.2) is 16.9 Å². The summed E-state index contributed by atoms with van der Waals surface area (Å²) in [5.74, 6) is 6.28. The summed E-state index contributed by atoms with van der Waals surface area (Å²) < 4.78 is 11.9. The molecule has 0 aromatic carbocycles. The zero-order valence-corrected chi connectivity index (χ0v) is 19.6. The van der Waals surface area contributed by atoms with E-state index in [-0.39, 0.29) is 17.5 Å². The Bertz CT molecular complexity index is 654. The molecule has 0 aromatic rings. The van der Waals surface area contributed by atoms with Gasteiger partial charge in [0.05, 0.1) is 18.1 Å². The van der Waals surface area contributed by atoms with Crippen molar-refractivity contribution in [3.8, 4) is 11.8 Å². The molecule has 28 heavy (non-hydrogen) atoms. The van der Waals surface area contributed by atoms with Crippen molar-refractivity contribution < 1.29 is 14.0 Å². The number of carbonyl (C=O) groups excluding carboxylic acids is 1. The Hall–Kier alpha value is -1.27. The second-order valence-electron chi connectivity index (χ2n) is 9.20. The van der Waals surface area contributed by atoms with Crippen LogP contribution in [0.1, 0.15) is 78.1 Å². The Morgan fingerprint density at radius 3 is 2.25 bits per heavy atom. The molecule has 2 rings (SSSR count). The van der Waals surface area contributed by atoms with Crippen molar-refractivity contribution in [2.45, 2.75) is 103 Å². The first kappa shape index (κ1) is 23.0. The zero-order chi connectivity index (χ0) is 20.6. The van der Waals surface area contributed by atoms with E-state index in [9.17, 15) is 4.79 Å². The molecule has 0 radical (unpaired) electrons. The van der Waals surface area contributed by atoms with Crippen molar-refractivity contribution in [1.82, 2.24) is 0 Å². The van der Waals surface area contributed by atoms with E-state index >= 15 is 0 Å². The minimum Gasteiger partial charge on any atom is -0.465 e. The van der Waals surface area contributed by atoms with Gasteiger partial charge in [-0.3, -0.25) is 4.79 Å². The van der Waals surface area contributed by atoms with E-state index in [1.807, 2.05) is 13.8 Å². The number of carbonyl (C=O) groups is 1. The molecule has 2 aliphatic rings. The molecular formula is C24H38O3Si. The summed E-state index contributed by atoms with van der Waals surface area (Å²) >= 11 is 0. The van der Waals surface area contributed by atoms with Crippen LogP contribution >= 0.6 is 0 Å². The average molecular weight is 403 g/mol. The van der Waals surface area contributed by atoms with Crippen LogP contribution < -0.4 is 0 Å². The van der Waals surface area contributed by atoms with Crippen LogP contribution in [0, 0.1) is 17.8 Å². The van der Waals surface area contributed by atoms with Gasteiger partial charge in [-0.2, -0.15) is 0 Å². The summed E-state index contributed by atoms with van der Waals surface area (Å²) in [6, 6.07) is 0. The molecule has 1 atom stereocenters. The van der Waals surface area contributed by atoms with Gasteiger partial charge in [0.25, 0.3) is 0 Å². The Labute approximate surface area is 173 Å². The van der Waals surface area contributed by atoms with Gasteiger partial charge in [-0.25, -0.2) is 0 Å². The van der Waals surface area contributed by atoms with Gasteiger partial charge in [-0.1, -0.05) is 24.7 Å². The second kappa shape index (κ2) is 10.5. The Kier molecular flexibility index (Phi) is 8.62. The Morgan fingerprint density at radius 1 is 1.07 bits per heavy atom. The summed E-state index contributed by atoms with van der Waals surface area (Å²) in [5.41, 5.74) is 5.25. The second-order valence-corrected chi connectivity index (χ2v) is 13.6. The molecule has 0 heterocycles. The van der Waals surface area contributed by atoms with Crippen LogP contribution in [-0.4, -0.2) is 26.5 Å². The highest BCUT2D eigenvalue weighted by Crippen LogP contribution is 2.34. The highest BCUT2D eigenvalue weighted by molar-refractivity contribution is 6.69. The molecule has 156 valence electrons. The van der Waals surface area contributed by atoms with Crippen LogP contribution in [0.4, 0.5) is 0 Å². The fourth-order valence-corrected chi connectivity index (χ4v) is 5.50. The number of ether oxygens (including phenoxy) is 1. The lowest BCUT2D eigenvalue weighted by atomic mass is 9.85. The van der Waals surface area contributed by atoms with Gasteiger partial charge >= 0.3 is 5.97 Å². The highest BCUT2D eigenvalue weighted by atomic mass is 28.4. The van der Waals surface area contributed by atoms with Crippen molar-refractivity contribution in [3.63, 3.8) is 0 Å². The van der Waals surface area contributed by atoms with Crippen molar-refractivity contribution in [2.75, 3.05) is 6.61 Å². The van der Waals surface area contributed by atoms with Crippen molar-refractivity contribution >= 4 is 14.3 Å². The fraction of sp³-hybridized carbons (Fsp3) is 0.750. The van der Waals surface area contributed by atoms with Crippen LogP contribution in [0.25, 0.3) is 0 Å². The molecule has 0 amide bonds. The highest BCUT2D eigenvalue weighted by Gasteiger charge is 2.36. The third-order valence-electron chi connectivity index (χ3n) is 5.43. The molecule has 0 saturated heterocycles. The molecule has 2 fully saturated rings. The maximum atomic E-state index is 12.4. The predicted molar refractivity (Wildman–Crippen MR) is 117 cm³/mol. The molecule has 2 saturated carbocycles. The van der Waals surface area contributed by atoms with Crippen LogP contribution in [0.5, 0.6) is 0 Å². The van der Waals surface area contributed by atoms with E-state index in [1.54, 1.807) is 0 Å². The van der Waals surface area contributed by atoms with Gasteiger partial charge in [0.2, 0.25) is 0 Å². The predicted octanol–water partition coefficient (Wildman–Crippen LogP) is 6.16. The Morgan fingerprint density at radius 2 is 1.68 bits per heavy atom. The van der Waals surface area contributed by atoms with Crippen molar-refractivity contribution in [1.29, 1.82) is 0 Å². The zero-order valence-electron chi connectivity index (χ0n) is 18.6. The first-order chi connectivity index (χ1) is 13.2. The van der Waals surface area contributed by atoms with Gasteiger partial charge in [0.15, 0.2) is 8.32 Å². The number of hydrogen-bond donors (Lipinski definition) is 0. The van der Waals surface area contributed by atoms with E-state index in [0.29, 0.717) is 6.61 Å². The fourth-order valence-electron chi connectivity index (χ4n) is 4.07. The minimum atomic E-state index is -1.72. The summed E-state index contributed by atoms with van der Waals surface area (Å²) in [6.07, 6.45) is 11.4. The minimum absolute atomic E-state index is 0.209. The molecule has 1 unspecified atom stereocenters. The molecular weight excluding hydrogens is 364 g/mol. The quantitative estimate of drug-likeness (QED) is 0.239. The largest absolute Gasteiger partial charge is 0.465 e. The van der Waals surface area contributed by atoms with E-state index in [4.69, 9.17) is 9.16 Å². The van der Waals surface area contributed by atoms with Crippen LogP contribution in [0.2, 0.25) is 19.6 Å². The molecule has 0 bridgehead atoms. The van der Waals surface area contributed by atoms with Crippen LogP contribution in [-0.2, 0) is 14.0 Å². The van der Waals surface area contributed by atoms with E-state index in [1.165, 1.54) is 31.3 Å². The van der Waals surface area contributed by atoms with Gasteiger partial charge in [-0.05, 0) is 90.4 Å². The van der Waals surface area contributed by atoms with Gasteiger partial charge in [-0.15, -0.1) is 5.73 Å². The summed E-state index contributed by atoms with van der Waals surface area (Å²) in [4.78, 5) is 12.4. The molecule has 4 heteroatoms. The third-order valence-corrected chi connectivity index (χ3v) is 6.43. The lowest BCUT2D eigenvalue weighted by Crippen LogP contribution is -2.43. The van der Waals surface area contributed by atoms with Crippen molar-refractivity contribution in [2.24, 2.45) is 5.92 Å². The SMILES string of the molecule is CCOC(=O)C(C)C(=C=C1CCCCC1)C#CC1(O[Si](C)(C)C)CCCCC1. The first-order valence-corrected chi connectivity index (χ1v) is 14.5. The smallest absolute Gasteiger partial charge is 0.314 e. The van der Waals surface area contributed by atoms with Crippen molar-refractivity contribution in [3.05, 3.63) is 16.9 Å². The van der Waals surface area contributed by atoms with E-state index < -0.39 is 8.32 Å². The maximum Gasteiger partial charge on any atom is 0.314 e. The summed E-state index contributed by atoms with van der Waals surface area (Å²) in [7, 11) is -1.72. The normalized spacial score (nSPS) is 20.4. The molecule has 0 aromatic heterocycles. The van der Waals surface area contributed by atoms with E-state index in [0.717, 1.165) is 44.1 Å². The summed E-state index contributed by atoms with van der Waals surface area (Å²) in [5, 5.41) is 0. The van der Waals surface area contributed by atoms with Gasteiger partial charge < -0.3 is 9.16 Å². The third kappa shape index (κ3) is 7.28. The lowest BCUT2D eigenvalue weighted by molar-refractivity contribution is -0.145. The number of esters is 1. The van der Waals surface area contributed by atoms with Gasteiger partial charge in [0.1, 0.15) is 5.60 Å². The maximum absolute atomic E-state index is 12.4. The first-order valence-electron chi connectivity index (χ1n) is 11.1. The standard InChI is InChI=1S/C24H38O3Si/c1-6-26-23(25)20(2)22(19-21-13-9-7-10-14-21)15-18-24(27-28(3,4)5)16-11-8-12-17-24/h20H,6-14,16-17H2,1-5H3. The molecule has 0 N–H and O–H groups in total. The average Bonchev–Trinajstić information content (AvgIpc) is 2.65. The number of hydrogen-bond acceptors (Lipinski definition) is 3. The Balaban J connectivity index is 2.40. The molecule has 3 nitrogen and oxygen atoms in total. The molecule has 0 spiro atoms. The molecule has 2 aliphatic carbocycles. The van der Waals surface area contributed by atoms with Gasteiger partial charge in [0, 0.05) is 0 Å². The number of rotatable bonds is 5. The van der Waals surface area contributed by atoms with E-state index in [2.05, 4.69) is 37.2 Å². The lowest BCUT2D eigenvalue weighted by Gasteiger charge is -2.38. The monoisotopic (exact) mass is 402 g/mol.